The summed E-state index contributed by atoms with van der Waals surface area (Å²) >= 11 is 0. The molecular formula is C20H29N5O5S. The molecule has 3 N–H and O–H groups in total. The van der Waals surface area contributed by atoms with Gasteiger partial charge in [0.25, 0.3) is 0 Å². The van der Waals surface area contributed by atoms with Crippen LogP contribution in [0.3, 0.4) is 0 Å². The van der Waals surface area contributed by atoms with E-state index in [1.54, 1.807) is 0 Å². The zero-order chi connectivity index (χ0) is 22.6. The summed E-state index contributed by atoms with van der Waals surface area (Å²) in [5, 5.41) is 12.8. The summed E-state index contributed by atoms with van der Waals surface area (Å²) < 4.78 is 36.5. The molecule has 0 amide bonds. The molecule has 1 aliphatic rings. The van der Waals surface area contributed by atoms with Gasteiger partial charge in [0.2, 0.25) is 28.7 Å². The molecule has 0 spiro atoms. The number of hydrogen-bond acceptors (Lipinski definition) is 9. The third kappa shape index (κ3) is 6.66. The van der Waals surface area contributed by atoms with Crippen LogP contribution in [0.25, 0.3) is 0 Å². The normalized spacial score (nSPS) is 15.0. The predicted molar refractivity (Wildman–Crippen MR) is 117 cm³/mol. The van der Waals surface area contributed by atoms with Crippen molar-refractivity contribution >= 4 is 21.9 Å². The lowest BCUT2D eigenvalue weighted by atomic mass is 9.97. The molecule has 0 aliphatic carbocycles. The maximum absolute atomic E-state index is 11.7. The predicted octanol–water partition coefficient (Wildman–Crippen LogP) is 2.14. The molecule has 0 fully saturated rings. The molecule has 31 heavy (non-hydrogen) atoms. The zero-order valence-electron chi connectivity index (χ0n) is 18.1. The van der Waals surface area contributed by atoms with Gasteiger partial charge in [0, 0.05) is 6.42 Å². The summed E-state index contributed by atoms with van der Waals surface area (Å²) in [5.74, 6) is 2.37. The van der Waals surface area contributed by atoms with Crippen LogP contribution in [-0.4, -0.2) is 54.2 Å². The molecule has 170 valence electrons. The summed E-state index contributed by atoms with van der Waals surface area (Å²) in [5.41, 5.74) is 1.02. The summed E-state index contributed by atoms with van der Waals surface area (Å²) in [6, 6.07) is 5.49. The van der Waals surface area contributed by atoms with E-state index < -0.39 is 10.0 Å². The lowest BCUT2D eigenvalue weighted by Crippen LogP contribution is -2.27. The van der Waals surface area contributed by atoms with Crippen molar-refractivity contribution < 1.29 is 23.0 Å². The highest BCUT2D eigenvalue weighted by atomic mass is 32.2. The summed E-state index contributed by atoms with van der Waals surface area (Å²) in [4.78, 5) is 12.9. The Bertz CT molecular complexity index is 1020. The van der Waals surface area contributed by atoms with Gasteiger partial charge in [-0.3, -0.25) is 4.72 Å². The minimum atomic E-state index is -3.56. The number of sulfonamides is 1. The lowest BCUT2D eigenvalue weighted by molar-refractivity contribution is 0.174. The fourth-order valence-electron chi connectivity index (χ4n) is 3.33. The number of nitrogens with zero attached hydrogens (tertiary/aromatic N) is 3. The van der Waals surface area contributed by atoms with Crippen molar-refractivity contribution in [3.63, 3.8) is 0 Å². The van der Waals surface area contributed by atoms with E-state index in [-0.39, 0.29) is 37.3 Å². The molecule has 0 saturated heterocycles. The van der Waals surface area contributed by atoms with E-state index in [1.165, 1.54) is 0 Å². The molecule has 10 nitrogen and oxygen atoms in total. The fourth-order valence-corrected chi connectivity index (χ4v) is 3.75. The number of hydrogen-bond donors (Lipinski definition) is 3. The van der Waals surface area contributed by atoms with Crippen molar-refractivity contribution in [2.45, 2.75) is 45.6 Å². The first-order valence-electron chi connectivity index (χ1n) is 10.1. The Labute approximate surface area is 182 Å². The standard InChI is InChI=1S/C20H29N5O5S/c1-12(2)7-15(10-26)21-19-22-18(23-20(24-19)25-31(4,27)28)8-13(3)14-5-6-16-17(9-14)30-11-29-16/h5-6,9,12-13,15,26H,7-8,10-11H2,1-4H3,(H2,21,22,23,24,25)/t13?,15-/m1/s1. The monoisotopic (exact) mass is 451 g/mol. The zero-order valence-corrected chi connectivity index (χ0v) is 18.9. The van der Waals surface area contributed by atoms with Crippen molar-refractivity contribution in [2.75, 3.05) is 29.7 Å². The summed E-state index contributed by atoms with van der Waals surface area (Å²) in [7, 11) is -3.56. The first-order chi connectivity index (χ1) is 14.6. The van der Waals surface area contributed by atoms with Gasteiger partial charge in [-0.15, -0.1) is 0 Å². The van der Waals surface area contributed by atoms with Gasteiger partial charge >= 0.3 is 0 Å². The van der Waals surface area contributed by atoms with E-state index in [2.05, 4.69) is 25.0 Å². The third-order valence-electron chi connectivity index (χ3n) is 4.72. The van der Waals surface area contributed by atoms with E-state index in [0.717, 1.165) is 11.8 Å². The molecule has 0 radical (unpaired) electrons. The second-order valence-corrected chi connectivity index (χ2v) is 9.89. The van der Waals surface area contributed by atoms with Crippen LogP contribution in [0.2, 0.25) is 0 Å². The van der Waals surface area contributed by atoms with Gasteiger partial charge in [-0.2, -0.15) is 15.0 Å². The minimum Gasteiger partial charge on any atom is -0.454 e. The van der Waals surface area contributed by atoms with Crippen molar-refractivity contribution in [3.8, 4) is 11.5 Å². The van der Waals surface area contributed by atoms with E-state index >= 15 is 0 Å². The molecule has 0 bridgehead atoms. The number of aromatic nitrogens is 3. The second kappa shape index (κ2) is 9.65. The Morgan fingerprint density at radius 3 is 2.48 bits per heavy atom. The Balaban J connectivity index is 1.84. The Kier molecular flexibility index (Phi) is 7.16. The van der Waals surface area contributed by atoms with E-state index in [9.17, 15) is 13.5 Å². The molecule has 11 heteroatoms. The number of anilines is 2. The average Bonchev–Trinajstić information content (AvgIpc) is 3.13. The van der Waals surface area contributed by atoms with Gasteiger partial charge < -0.3 is 19.9 Å². The molecule has 0 saturated carbocycles. The number of fused-ring (bicyclic) bond motifs is 1. The molecule has 2 aromatic rings. The van der Waals surface area contributed by atoms with Crippen LogP contribution in [-0.2, 0) is 16.4 Å². The molecular weight excluding hydrogens is 422 g/mol. The van der Waals surface area contributed by atoms with Gasteiger partial charge in [0.15, 0.2) is 11.5 Å². The average molecular weight is 452 g/mol. The summed E-state index contributed by atoms with van der Waals surface area (Å²) in [6.07, 6.45) is 2.19. The molecule has 1 aromatic carbocycles. The summed E-state index contributed by atoms with van der Waals surface area (Å²) in [6.45, 7) is 6.23. The third-order valence-corrected chi connectivity index (χ3v) is 5.28. The van der Waals surface area contributed by atoms with Crippen molar-refractivity contribution in [1.82, 2.24) is 15.0 Å². The number of aliphatic hydroxyl groups is 1. The van der Waals surface area contributed by atoms with Gasteiger partial charge in [-0.25, -0.2) is 8.42 Å². The van der Waals surface area contributed by atoms with E-state index in [0.29, 0.717) is 36.1 Å². The molecule has 1 aliphatic heterocycles. The van der Waals surface area contributed by atoms with E-state index in [1.807, 2.05) is 39.0 Å². The van der Waals surface area contributed by atoms with Gasteiger partial charge in [0.05, 0.1) is 18.9 Å². The number of aliphatic hydroxyl groups excluding tert-OH is 1. The smallest absolute Gasteiger partial charge is 0.241 e. The maximum atomic E-state index is 11.7. The Hall–Kier alpha value is -2.66. The van der Waals surface area contributed by atoms with Crippen LogP contribution in [0, 0.1) is 5.92 Å². The Morgan fingerprint density at radius 2 is 1.81 bits per heavy atom. The van der Waals surface area contributed by atoms with Crippen LogP contribution < -0.4 is 19.5 Å². The van der Waals surface area contributed by atoms with Gasteiger partial charge in [-0.1, -0.05) is 26.8 Å². The van der Waals surface area contributed by atoms with Crippen LogP contribution in [0.1, 0.15) is 44.5 Å². The minimum absolute atomic E-state index is 0.0279. The molecule has 1 aromatic heterocycles. The van der Waals surface area contributed by atoms with Crippen LogP contribution in [0.15, 0.2) is 18.2 Å². The number of benzene rings is 1. The fraction of sp³-hybridized carbons (Fsp3) is 0.550. The first kappa shape index (κ1) is 23.0. The van der Waals surface area contributed by atoms with Gasteiger partial charge in [0.1, 0.15) is 5.82 Å². The highest BCUT2D eigenvalue weighted by molar-refractivity contribution is 7.91. The molecule has 3 rings (SSSR count). The lowest BCUT2D eigenvalue weighted by Gasteiger charge is -2.19. The van der Waals surface area contributed by atoms with Gasteiger partial charge in [-0.05, 0) is 36.0 Å². The second-order valence-electron chi connectivity index (χ2n) is 8.14. The van der Waals surface area contributed by atoms with Crippen molar-refractivity contribution in [2.24, 2.45) is 5.92 Å². The number of rotatable bonds is 10. The topological polar surface area (TPSA) is 136 Å². The van der Waals surface area contributed by atoms with Crippen LogP contribution in [0.4, 0.5) is 11.9 Å². The largest absolute Gasteiger partial charge is 0.454 e. The van der Waals surface area contributed by atoms with Crippen molar-refractivity contribution in [3.05, 3.63) is 29.6 Å². The van der Waals surface area contributed by atoms with E-state index in [4.69, 9.17) is 9.47 Å². The molecule has 2 heterocycles. The highest BCUT2D eigenvalue weighted by Gasteiger charge is 2.19. The first-order valence-corrected chi connectivity index (χ1v) is 12.0. The number of ether oxygens (including phenoxy) is 2. The van der Waals surface area contributed by atoms with Crippen LogP contribution >= 0.6 is 0 Å². The number of nitrogens with one attached hydrogen (secondary N) is 2. The SMILES string of the molecule is CC(C)C[C@H](CO)Nc1nc(CC(C)c2ccc3c(c2)OCO3)nc(NS(C)(=O)=O)n1. The maximum Gasteiger partial charge on any atom is 0.241 e. The molecule has 2 atom stereocenters. The highest BCUT2D eigenvalue weighted by Crippen LogP contribution is 2.35. The van der Waals surface area contributed by atoms with Crippen molar-refractivity contribution in [1.29, 1.82) is 0 Å². The Morgan fingerprint density at radius 1 is 1.10 bits per heavy atom. The quantitative estimate of drug-likeness (QED) is 0.496. The molecule has 1 unspecified atom stereocenters. The van der Waals surface area contributed by atoms with Crippen LogP contribution in [0.5, 0.6) is 11.5 Å².